The summed E-state index contributed by atoms with van der Waals surface area (Å²) < 4.78 is 0. The van der Waals surface area contributed by atoms with Crippen molar-refractivity contribution in [2.45, 2.75) is 65.7 Å². The number of hydrogen-bond acceptors (Lipinski definition) is 0. The lowest BCUT2D eigenvalue weighted by Gasteiger charge is -2.25. The Morgan fingerprint density at radius 3 is 2.23 bits per heavy atom. The van der Waals surface area contributed by atoms with Crippen LogP contribution in [0.3, 0.4) is 0 Å². The maximum Gasteiger partial charge on any atom is -0.0266 e. The molecule has 13 heavy (non-hydrogen) atoms. The molecule has 2 saturated carbocycles. The van der Waals surface area contributed by atoms with Crippen molar-refractivity contribution in [3.8, 4) is 0 Å². The second-order valence-corrected chi connectivity index (χ2v) is 6.59. The Morgan fingerprint density at radius 2 is 1.69 bits per heavy atom. The zero-order valence-corrected chi connectivity index (χ0v) is 9.53. The molecule has 0 aromatic rings. The third kappa shape index (κ3) is 2.08. The van der Waals surface area contributed by atoms with Gasteiger partial charge >= 0.3 is 0 Å². The second-order valence-electron chi connectivity index (χ2n) is 6.59. The lowest BCUT2D eigenvalue weighted by atomic mass is 9.80. The first-order valence-electron chi connectivity index (χ1n) is 6.02. The molecule has 0 radical (unpaired) electrons. The van der Waals surface area contributed by atoms with Gasteiger partial charge in [0.25, 0.3) is 0 Å². The van der Waals surface area contributed by atoms with Crippen LogP contribution in [-0.2, 0) is 0 Å². The number of hydrogen-bond donors (Lipinski definition) is 0. The molecule has 2 rings (SSSR count). The van der Waals surface area contributed by atoms with Crippen LogP contribution in [0.2, 0.25) is 0 Å². The minimum atomic E-state index is 0.561. The smallest absolute Gasteiger partial charge is 0.0266 e. The molecule has 0 amide bonds. The van der Waals surface area contributed by atoms with E-state index in [4.69, 9.17) is 0 Å². The number of rotatable bonds is 1. The van der Waals surface area contributed by atoms with Crippen LogP contribution in [-0.4, -0.2) is 0 Å². The largest absolute Gasteiger partial charge is 0.0602 e. The lowest BCUT2D eigenvalue weighted by molar-refractivity contribution is 0.261. The van der Waals surface area contributed by atoms with Crippen molar-refractivity contribution in [2.24, 2.45) is 16.7 Å². The van der Waals surface area contributed by atoms with E-state index >= 15 is 0 Å². The Morgan fingerprint density at radius 1 is 1.08 bits per heavy atom. The van der Waals surface area contributed by atoms with Gasteiger partial charge in [-0.05, 0) is 42.4 Å². The van der Waals surface area contributed by atoms with Crippen LogP contribution in [0.1, 0.15) is 65.7 Å². The molecule has 0 N–H and O–H groups in total. The molecule has 0 saturated heterocycles. The van der Waals surface area contributed by atoms with Gasteiger partial charge in [-0.3, -0.25) is 0 Å². The van der Waals surface area contributed by atoms with E-state index in [9.17, 15) is 0 Å². The van der Waals surface area contributed by atoms with Crippen LogP contribution in [0, 0.1) is 16.7 Å². The molecular weight excluding hydrogens is 156 g/mol. The summed E-state index contributed by atoms with van der Waals surface area (Å²) in [6.07, 6.45) is 10.7. The van der Waals surface area contributed by atoms with Crippen LogP contribution in [0.4, 0.5) is 0 Å². The standard InChI is InChI=1S/C13H24/c1-12(2,3)9-11-10-13(11)7-5-4-6-8-13/h11H,4-10H2,1-3H3. The normalized spacial score (nSPS) is 32.1. The van der Waals surface area contributed by atoms with E-state index in [0.717, 1.165) is 11.3 Å². The van der Waals surface area contributed by atoms with E-state index in [1.54, 1.807) is 19.3 Å². The van der Waals surface area contributed by atoms with E-state index in [-0.39, 0.29) is 0 Å². The Bertz CT molecular complexity index is 179. The van der Waals surface area contributed by atoms with Gasteiger partial charge < -0.3 is 0 Å². The lowest BCUT2D eigenvalue weighted by Crippen LogP contribution is -2.13. The van der Waals surface area contributed by atoms with Gasteiger partial charge in [-0.1, -0.05) is 40.0 Å². The van der Waals surface area contributed by atoms with E-state index in [1.807, 2.05) is 0 Å². The average Bonchev–Trinajstić information content (AvgIpc) is 2.60. The fourth-order valence-electron chi connectivity index (χ4n) is 3.33. The van der Waals surface area contributed by atoms with E-state index < -0.39 is 0 Å². The molecule has 1 unspecified atom stereocenters. The summed E-state index contributed by atoms with van der Waals surface area (Å²) in [7, 11) is 0. The molecule has 1 spiro atoms. The highest BCUT2D eigenvalue weighted by molar-refractivity contribution is 5.04. The fourth-order valence-corrected chi connectivity index (χ4v) is 3.33. The van der Waals surface area contributed by atoms with Gasteiger partial charge in [-0.15, -0.1) is 0 Å². The van der Waals surface area contributed by atoms with Crippen molar-refractivity contribution < 1.29 is 0 Å². The average molecular weight is 180 g/mol. The third-order valence-electron chi connectivity index (χ3n) is 4.07. The fraction of sp³-hybridized carbons (Fsp3) is 1.00. The molecule has 0 aromatic carbocycles. The summed E-state index contributed by atoms with van der Waals surface area (Å²) in [5.74, 6) is 1.09. The highest BCUT2D eigenvalue weighted by Crippen LogP contribution is 2.64. The quantitative estimate of drug-likeness (QED) is 0.561. The first-order valence-corrected chi connectivity index (χ1v) is 6.02. The summed E-state index contributed by atoms with van der Waals surface area (Å²) in [6.45, 7) is 7.17. The Kier molecular flexibility index (Phi) is 2.20. The van der Waals surface area contributed by atoms with Gasteiger partial charge in [0.1, 0.15) is 0 Å². The first-order chi connectivity index (χ1) is 6.02. The van der Waals surface area contributed by atoms with Gasteiger partial charge in [0, 0.05) is 0 Å². The monoisotopic (exact) mass is 180 g/mol. The Hall–Kier alpha value is 0. The van der Waals surface area contributed by atoms with Crippen molar-refractivity contribution >= 4 is 0 Å². The third-order valence-corrected chi connectivity index (χ3v) is 4.07. The topological polar surface area (TPSA) is 0 Å². The van der Waals surface area contributed by atoms with Gasteiger partial charge in [0.15, 0.2) is 0 Å². The van der Waals surface area contributed by atoms with Crippen molar-refractivity contribution in [3.63, 3.8) is 0 Å². The van der Waals surface area contributed by atoms with Crippen LogP contribution in [0.5, 0.6) is 0 Å². The predicted molar refractivity (Wildman–Crippen MR) is 57.7 cm³/mol. The summed E-state index contributed by atoms with van der Waals surface area (Å²) in [4.78, 5) is 0. The predicted octanol–water partition coefficient (Wildman–Crippen LogP) is 4.39. The Labute approximate surface area is 83.1 Å². The molecule has 2 aliphatic rings. The Balaban J connectivity index is 1.86. The summed E-state index contributed by atoms with van der Waals surface area (Å²) >= 11 is 0. The van der Waals surface area contributed by atoms with Crippen LogP contribution in [0.25, 0.3) is 0 Å². The minimum Gasteiger partial charge on any atom is -0.0602 e. The molecule has 1 atom stereocenters. The van der Waals surface area contributed by atoms with Crippen LogP contribution < -0.4 is 0 Å². The second kappa shape index (κ2) is 3.00. The minimum absolute atomic E-state index is 0.561. The van der Waals surface area contributed by atoms with Gasteiger partial charge in [0.2, 0.25) is 0 Å². The van der Waals surface area contributed by atoms with Gasteiger partial charge in [-0.2, -0.15) is 0 Å². The molecule has 0 aromatic heterocycles. The summed E-state index contributed by atoms with van der Waals surface area (Å²) in [5, 5.41) is 0. The van der Waals surface area contributed by atoms with Crippen LogP contribution in [0.15, 0.2) is 0 Å². The maximum absolute atomic E-state index is 2.39. The van der Waals surface area contributed by atoms with E-state index in [0.29, 0.717) is 5.41 Å². The van der Waals surface area contributed by atoms with Crippen molar-refractivity contribution in [2.75, 3.05) is 0 Å². The van der Waals surface area contributed by atoms with E-state index in [1.165, 1.54) is 25.7 Å². The zero-order chi connectivity index (χ0) is 9.53. The van der Waals surface area contributed by atoms with Crippen molar-refractivity contribution in [1.82, 2.24) is 0 Å². The zero-order valence-electron chi connectivity index (χ0n) is 9.53. The molecule has 0 aliphatic heterocycles. The molecule has 76 valence electrons. The molecule has 0 heterocycles. The molecular formula is C13H24. The van der Waals surface area contributed by atoms with Gasteiger partial charge in [-0.25, -0.2) is 0 Å². The summed E-state index contributed by atoms with van der Waals surface area (Å²) in [6, 6.07) is 0. The van der Waals surface area contributed by atoms with E-state index in [2.05, 4.69) is 20.8 Å². The molecule has 2 fully saturated rings. The van der Waals surface area contributed by atoms with Gasteiger partial charge in [0.05, 0.1) is 0 Å². The highest BCUT2D eigenvalue weighted by atomic mass is 14.6. The molecule has 0 nitrogen and oxygen atoms in total. The first kappa shape index (κ1) is 9.55. The van der Waals surface area contributed by atoms with Crippen molar-refractivity contribution in [1.29, 1.82) is 0 Å². The maximum atomic E-state index is 2.39. The highest BCUT2D eigenvalue weighted by Gasteiger charge is 2.53. The SMILES string of the molecule is CC(C)(C)CC1CC12CCCCC2. The molecule has 0 bridgehead atoms. The molecule has 0 heteroatoms. The summed E-state index contributed by atoms with van der Waals surface area (Å²) in [5.41, 5.74) is 1.41. The molecule has 2 aliphatic carbocycles. The van der Waals surface area contributed by atoms with Crippen LogP contribution >= 0.6 is 0 Å². The van der Waals surface area contributed by atoms with Crippen molar-refractivity contribution in [3.05, 3.63) is 0 Å².